The number of carbonyl (C=O) groups is 1. The standard InChI is InChI=1S/C18H23N3O4S/c1-18(2,3)21-16(13-9-26(23)10-14(13)20-21)19-17(22)12-7-6-11(24-4)8-15(12)25-5/h6-8H,9-10H2,1-5H3,(H,19,22)/t26-/m0/s1. The van der Waals surface area contributed by atoms with Gasteiger partial charge < -0.3 is 14.8 Å². The summed E-state index contributed by atoms with van der Waals surface area (Å²) >= 11 is 0. The Labute approximate surface area is 155 Å². The Balaban J connectivity index is 1.99. The molecule has 7 nitrogen and oxygen atoms in total. The largest absolute Gasteiger partial charge is 0.497 e. The number of rotatable bonds is 4. The highest BCUT2D eigenvalue weighted by Gasteiger charge is 2.31. The van der Waals surface area contributed by atoms with Gasteiger partial charge in [0.15, 0.2) is 0 Å². The van der Waals surface area contributed by atoms with E-state index >= 15 is 0 Å². The molecule has 0 fully saturated rings. The molecule has 2 heterocycles. The number of nitrogens with zero attached hydrogens (tertiary/aromatic N) is 2. The molecular formula is C18H23N3O4S. The second-order valence-electron chi connectivity index (χ2n) is 7.11. The van der Waals surface area contributed by atoms with Gasteiger partial charge in [0, 0.05) is 22.4 Å². The molecule has 3 rings (SSSR count). The molecule has 140 valence electrons. The molecule has 0 saturated heterocycles. The van der Waals surface area contributed by atoms with Gasteiger partial charge in [0.25, 0.3) is 5.91 Å². The third-order valence-corrected chi connectivity index (χ3v) is 5.40. The van der Waals surface area contributed by atoms with Crippen LogP contribution in [0.15, 0.2) is 18.2 Å². The van der Waals surface area contributed by atoms with Crippen molar-refractivity contribution in [3.05, 3.63) is 35.0 Å². The fourth-order valence-electron chi connectivity index (χ4n) is 2.90. The normalized spacial score (nSPS) is 16.3. The topological polar surface area (TPSA) is 82.5 Å². The molecule has 0 saturated carbocycles. The number of anilines is 1. The van der Waals surface area contributed by atoms with Crippen molar-refractivity contribution in [1.29, 1.82) is 0 Å². The molecule has 1 aromatic carbocycles. The Hall–Kier alpha value is -2.35. The van der Waals surface area contributed by atoms with Crippen molar-refractivity contribution in [2.24, 2.45) is 0 Å². The van der Waals surface area contributed by atoms with Gasteiger partial charge >= 0.3 is 0 Å². The average molecular weight is 377 g/mol. The summed E-state index contributed by atoms with van der Waals surface area (Å²) in [6.07, 6.45) is 0. The van der Waals surface area contributed by atoms with Crippen LogP contribution in [0.3, 0.4) is 0 Å². The van der Waals surface area contributed by atoms with Crippen molar-refractivity contribution < 1.29 is 18.5 Å². The Bertz CT molecular complexity index is 883. The second kappa shape index (κ2) is 6.75. The van der Waals surface area contributed by atoms with E-state index in [1.54, 1.807) is 30.0 Å². The van der Waals surface area contributed by atoms with Crippen LogP contribution in [0.5, 0.6) is 11.5 Å². The van der Waals surface area contributed by atoms with Crippen molar-refractivity contribution in [3.63, 3.8) is 0 Å². The summed E-state index contributed by atoms with van der Waals surface area (Å²) in [7, 11) is 2.09. The fraction of sp³-hybridized carbons (Fsp3) is 0.444. The van der Waals surface area contributed by atoms with E-state index < -0.39 is 10.8 Å². The first kappa shape index (κ1) is 18.4. The lowest BCUT2D eigenvalue weighted by atomic mass is 10.1. The lowest BCUT2D eigenvalue weighted by molar-refractivity contribution is 0.102. The van der Waals surface area contributed by atoms with Gasteiger partial charge in [0.1, 0.15) is 17.3 Å². The van der Waals surface area contributed by atoms with Gasteiger partial charge in [-0.15, -0.1) is 0 Å². The number of methoxy groups -OCH3 is 2. The third-order valence-electron chi connectivity index (χ3n) is 4.19. The molecule has 1 aliphatic rings. The molecule has 0 aliphatic carbocycles. The SMILES string of the molecule is COc1ccc(C(=O)Nc2c3c(nn2C(C)(C)C)C[S@@](=O)C3)c(OC)c1. The summed E-state index contributed by atoms with van der Waals surface area (Å²) in [5, 5.41) is 7.54. The summed E-state index contributed by atoms with van der Waals surface area (Å²) < 4.78 is 24.2. The van der Waals surface area contributed by atoms with Gasteiger partial charge in [-0.2, -0.15) is 5.10 Å². The number of hydrogen-bond donors (Lipinski definition) is 1. The average Bonchev–Trinajstić information content (AvgIpc) is 3.11. The number of benzene rings is 1. The van der Waals surface area contributed by atoms with E-state index in [1.807, 2.05) is 20.8 Å². The fourth-order valence-corrected chi connectivity index (χ4v) is 4.17. The van der Waals surface area contributed by atoms with Crippen LogP contribution in [0.25, 0.3) is 0 Å². The van der Waals surface area contributed by atoms with E-state index in [9.17, 15) is 9.00 Å². The van der Waals surface area contributed by atoms with Gasteiger partial charge in [-0.05, 0) is 32.9 Å². The maximum absolute atomic E-state index is 12.9. The van der Waals surface area contributed by atoms with Gasteiger partial charge in [0.05, 0.1) is 42.5 Å². The van der Waals surface area contributed by atoms with Gasteiger partial charge in [-0.3, -0.25) is 9.00 Å². The molecule has 0 unspecified atom stereocenters. The second-order valence-corrected chi connectivity index (χ2v) is 8.56. The summed E-state index contributed by atoms with van der Waals surface area (Å²) in [6, 6.07) is 5.02. The van der Waals surface area contributed by atoms with E-state index in [-0.39, 0.29) is 11.4 Å². The van der Waals surface area contributed by atoms with Gasteiger partial charge in [-0.25, -0.2) is 4.68 Å². The monoisotopic (exact) mass is 377 g/mol. The van der Waals surface area contributed by atoms with Crippen LogP contribution in [-0.2, 0) is 27.8 Å². The predicted molar refractivity (Wildman–Crippen MR) is 100 cm³/mol. The molecule has 2 aromatic rings. The number of amides is 1. The smallest absolute Gasteiger partial charge is 0.260 e. The molecule has 26 heavy (non-hydrogen) atoms. The van der Waals surface area contributed by atoms with Crippen LogP contribution in [0, 0.1) is 0 Å². The van der Waals surface area contributed by atoms with E-state index in [4.69, 9.17) is 9.47 Å². The molecule has 0 bridgehead atoms. The van der Waals surface area contributed by atoms with Crippen molar-refractivity contribution >= 4 is 22.5 Å². The predicted octanol–water partition coefficient (Wildman–Crippen LogP) is 2.67. The first-order valence-corrected chi connectivity index (χ1v) is 9.73. The molecule has 1 aromatic heterocycles. The molecular weight excluding hydrogens is 354 g/mol. The first-order valence-electron chi connectivity index (χ1n) is 8.24. The highest BCUT2D eigenvalue weighted by Crippen LogP contribution is 2.34. The Morgan fingerprint density at radius 3 is 2.58 bits per heavy atom. The maximum Gasteiger partial charge on any atom is 0.260 e. The quantitative estimate of drug-likeness (QED) is 0.886. The molecule has 1 amide bonds. The van der Waals surface area contributed by atoms with Crippen molar-refractivity contribution in [2.45, 2.75) is 37.8 Å². The number of carbonyl (C=O) groups excluding carboxylic acids is 1. The number of aromatic nitrogens is 2. The molecule has 1 atom stereocenters. The van der Waals surface area contributed by atoms with Crippen LogP contribution < -0.4 is 14.8 Å². The minimum atomic E-state index is -0.972. The zero-order valence-corrected chi connectivity index (χ0v) is 16.4. The van der Waals surface area contributed by atoms with Crippen LogP contribution in [-0.4, -0.2) is 34.1 Å². The zero-order valence-electron chi connectivity index (χ0n) is 15.6. The van der Waals surface area contributed by atoms with Crippen molar-refractivity contribution in [3.8, 4) is 11.5 Å². The van der Waals surface area contributed by atoms with Crippen molar-refractivity contribution in [1.82, 2.24) is 9.78 Å². The summed E-state index contributed by atoms with van der Waals surface area (Å²) in [6.45, 7) is 6.03. The number of hydrogen-bond acceptors (Lipinski definition) is 5. The van der Waals surface area contributed by atoms with Crippen LogP contribution >= 0.6 is 0 Å². The minimum absolute atomic E-state index is 0.310. The van der Waals surface area contributed by atoms with Crippen molar-refractivity contribution in [2.75, 3.05) is 19.5 Å². The Morgan fingerprint density at radius 1 is 1.23 bits per heavy atom. The lowest BCUT2D eigenvalue weighted by Gasteiger charge is -2.23. The summed E-state index contributed by atoms with van der Waals surface area (Å²) in [5.41, 5.74) is 1.70. The molecule has 0 spiro atoms. The van der Waals surface area contributed by atoms with E-state index in [1.165, 1.54) is 7.11 Å². The number of fused-ring (bicyclic) bond motifs is 1. The molecule has 0 radical (unpaired) electrons. The highest BCUT2D eigenvalue weighted by molar-refractivity contribution is 7.83. The Morgan fingerprint density at radius 2 is 1.96 bits per heavy atom. The van der Waals surface area contributed by atoms with E-state index in [0.29, 0.717) is 34.4 Å². The van der Waals surface area contributed by atoms with Crippen LogP contribution in [0.2, 0.25) is 0 Å². The zero-order chi connectivity index (χ0) is 19.1. The third kappa shape index (κ3) is 3.33. The maximum atomic E-state index is 12.9. The van der Waals surface area contributed by atoms with Crippen LogP contribution in [0.1, 0.15) is 42.4 Å². The number of ether oxygens (including phenoxy) is 2. The van der Waals surface area contributed by atoms with E-state index in [0.717, 1.165) is 11.3 Å². The first-order chi connectivity index (χ1) is 12.2. The van der Waals surface area contributed by atoms with Gasteiger partial charge in [-0.1, -0.05) is 0 Å². The highest BCUT2D eigenvalue weighted by atomic mass is 32.2. The molecule has 8 heteroatoms. The minimum Gasteiger partial charge on any atom is -0.497 e. The summed E-state index contributed by atoms with van der Waals surface area (Å²) in [4.78, 5) is 12.9. The van der Waals surface area contributed by atoms with E-state index in [2.05, 4.69) is 10.4 Å². The molecule has 1 N–H and O–H groups in total. The Kier molecular flexibility index (Phi) is 4.79. The summed E-state index contributed by atoms with van der Waals surface area (Å²) in [5.74, 6) is 2.14. The number of nitrogens with one attached hydrogen (secondary N) is 1. The molecule has 1 aliphatic heterocycles. The lowest BCUT2D eigenvalue weighted by Crippen LogP contribution is -2.27. The van der Waals surface area contributed by atoms with Gasteiger partial charge in [0.2, 0.25) is 0 Å². The van der Waals surface area contributed by atoms with Crippen LogP contribution in [0.4, 0.5) is 5.82 Å².